The van der Waals surface area contributed by atoms with Gasteiger partial charge in [0.1, 0.15) is 5.82 Å². The fourth-order valence-electron chi connectivity index (χ4n) is 1.91. The maximum absolute atomic E-state index is 14.0. The van der Waals surface area contributed by atoms with Crippen LogP contribution in [0.3, 0.4) is 0 Å². The van der Waals surface area contributed by atoms with Crippen LogP contribution >= 0.6 is 0 Å². The molecule has 0 saturated heterocycles. The van der Waals surface area contributed by atoms with Crippen molar-refractivity contribution in [3.63, 3.8) is 0 Å². The Labute approximate surface area is 100 Å². The number of rotatable bonds is 3. The maximum atomic E-state index is 14.0. The third-order valence-electron chi connectivity index (χ3n) is 2.98. The summed E-state index contributed by atoms with van der Waals surface area (Å²) in [6.07, 6.45) is 2.31. The number of benzene rings is 1. The monoisotopic (exact) mass is 233 g/mol. The highest BCUT2D eigenvalue weighted by Crippen LogP contribution is 2.21. The zero-order valence-electron chi connectivity index (χ0n) is 10.1. The van der Waals surface area contributed by atoms with Crippen molar-refractivity contribution in [1.82, 2.24) is 9.55 Å². The number of aryl methyl sites for hydroxylation is 1. The molecule has 0 amide bonds. The Hall–Kier alpha value is -1.68. The second-order valence-electron chi connectivity index (χ2n) is 4.07. The van der Waals surface area contributed by atoms with Gasteiger partial charge in [0, 0.05) is 5.69 Å². The lowest BCUT2D eigenvalue weighted by atomic mass is 10.1. The number of nitrogens with zero attached hydrogens (tertiary/aromatic N) is 2. The van der Waals surface area contributed by atoms with Gasteiger partial charge in [-0.15, -0.1) is 0 Å². The summed E-state index contributed by atoms with van der Waals surface area (Å²) >= 11 is 0. The van der Waals surface area contributed by atoms with Crippen LogP contribution in [-0.4, -0.2) is 16.1 Å². The van der Waals surface area contributed by atoms with E-state index in [-0.39, 0.29) is 5.82 Å². The first-order chi connectivity index (χ1) is 8.15. The first-order valence-electron chi connectivity index (χ1n) is 5.63. The molecule has 90 valence electrons. The minimum Gasteiger partial charge on any atom is -0.330 e. The average molecular weight is 233 g/mol. The zero-order valence-corrected chi connectivity index (χ0v) is 10.1. The standard InChI is InChI=1S/C13H16FN3/c1-9-10(2)17(8-16-9)13-11(6-7-15)4-3-5-12(13)14/h3-5,8H,6-7,15H2,1-2H3. The summed E-state index contributed by atoms with van der Waals surface area (Å²) in [5.74, 6) is -0.239. The van der Waals surface area contributed by atoms with Crippen LogP contribution < -0.4 is 5.73 Å². The smallest absolute Gasteiger partial charge is 0.147 e. The van der Waals surface area contributed by atoms with Crippen molar-refractivity contribution in [3.05, 3.63) is 47.3 Å². The Bertz CT molecular complexity index is 531. The molecule has 1 aromatic carbocycles. The van der Waals surface area contributed by atoms with Gasteiger partial charge >= 0.3 is 0 Å². The van der Waals surface area contributed by atoms with Gasteiger partial charge in [0.2, 0.25) is 0 Å². The number of halogens is 1. The van der Waals surface area contributed by atoms with E-state index < -0.39 is 0 Å². The fraction of sp³-hybridized carbons (Fsp3) is 0.308. The summed E-state index contributed by atoms with van der Waals surface area (Å²) in [5, 5.41) is 0. The quantitative estimate of drug-likeness (QED) is 0.882. The van der Waals surface area contributed by atoms with Gasteiger partial charge in [0.25, 0.3) is 0 Å². The van der Waals surface area contributed by atoms with Gasteiger partial charge in [-0.3, -0.25) is 0 Å². The largest absolute Gasteiger partial charge is 0.330 e. The van der Waals surface area contributed by atoms with Crippen molar-refractivity contribution in [2.24, 2.45) is 5.73 Å². The van der Waals surface area contributed by atoms with Gasteiger partial charge < -0.3 is 10.3 Å². The van der Waals surface area contributed by atoms with Crippen molar-refractivity contribution >= 4 is 0 Å². The molecule has 3 nitrogen and oxygen atoms in total. The summed E-state index contributed by atoms with van der Waals surface area (Å²) in [7, 11) is 0. The molecule has 0 fully saturated rings. The third-order valence-corrected chi connectivity index (χ3v) is 2.98. The number of aromatic nitrogens is 2. The first-order valence-corrected chi connectivity index (χ1v) is 5.63. The molecule has 0 radical (unpaired) electrons. The summed E-state index contributed by atoms with van der Waals surface area (Å²) < 4.78 is 15.7. The summed E-state index contributed by atoms with van der Waals surface area (Å²) in [4.78, 5) is 4.20. The molecule has 0 atom stereocenters. The van der Waals surface area contributed by atoms with Gasteiger partial charge in [0.15, 0.2) is 0 Å². The van der Waals surface area contributed by atoms with Crippen LogP contribution in [0, 0.1) is 19.7 Å². The second kappa shape index (κ2) is 4.67. The topological polar surface area (TPSA) is 43.8 Å². The Morgan fingerprint density at radius 1 is 1.35 bits per heavy atom. The third kappa shape index (κ3) is 2.08. The number of para-hydroxylation sites is 1. The predicted octanol–water partition coefficient (Wildman–Crippen LogP) is 2.13. The van der Waals surface area contributed by atoms with Crippen LogP contribution in [0.15, 0.2) is 24.5 Å². The van der Waals surface area contributed by atoms with Crippen molar-refractivity contribution in [2.75, 3.05) is 6.54 Å². The normalized spacial score (nSPS) is 10.8. The summed E-state index contributed by atoms with van der Waals surface area (Å²) in [6.45, 7) is 4.35. The van der Waals surface area contributed by atoms with E-state index in [2.05, 4.69) is 4.98 Å². The van der Waals surface area contributed by atoms with Gasteiger partial charge in [-0.1, -0.05) is 12.1 Å². The van der Waals surface area contributed by atoms with Crippen LogP contribution in [-0.2, 0) is 6.42 Å². The van der Waals surface area contributed by atoms with Crippen LogP contribution in [0.4, 0.5) is 4.39 Å². The lowest BCUT2D eigenvalue weighted by Crippen LogP contribution is -2.09. The molecular weight excluding hydrogens is 217 g/mol. The second-order valence-corrected chi connectivity index (χ2v) is 4.07. The van der Waals surface area contributed by atoms with E-state index in [9.17, 15) is 4.39 Å². The van der Waals surface area contributed by atoms with Crippen LogP contribution in [0.2, 0.25) is 0 Å². The molecule has 0 aliphatic heterocycles. The molecule has 0 spiro atoms. The highest BCUT2D eigenvalue weighted by molar-refractivity contribution is 5.44. The molecule has 1 heterocycles. The highest BCUT2D eigenvalue weighted by atomic mass is 19.1. The van der Waals surface area contributed by atoms with E-state index in [1.807, 2.05) is 19.9 Å². The molecule has 4 heteroatoms. The van der Waals surface area contributed by atoms with E-state index in [0.717, 1.165) is 17.0 Å². The minimum atomic E-state index is -0.239. The van der Waals surface area contributed by atoms with E-state index in [1.54, 1.807) is 17.0 Å². The number of nitrogens with two attached hydrogens (primary N) is 1. The Kier molecular flexibility index (Phi) is 3.24. The van der Waals surface area contributed by atoms with Gasteiger partial charge in [0.05, 0.1) is 17.7 Å². The van der Waals surface area contributed by atoms with Crippen LogP contribution in [0.25, 0.3) is 5.69 Å². The molecule has 1 aromatic heterocycles. The number of imidazole rings is 1. The zero-order chi connectivity index (χ0) is 12.4. The lowest BCUT2D eigenvalue weighted by Gasteiger charge is -2.12. The Morgan fingerprint density at radius 2 is 2.12 bits per heavy atom. The lowest BCUT2D eigenvalue weighted by molar-refractivity contribution is 0.613. The molecule has 17 heavy (non-hydrogen) atoms. The predicted molar refractivity (Wildman–Crippen MR) is 65.8 cm³/mol. The van der Waals surface area contributed by atoms with Crippen LogP contribution in [0.5, 0.6) is 0 Å². The highest BCUT2D eigenvalue weighted by Gasteiger charge is 2.13. The molecule has 2 aromatic rings. The number of hydrogen-bond acceptors (Lipinski definition) is 2. The molecule has 0 aliphatic rings. The van der Waals surface area contributed by atoms with Crippen molar-refractivity contribution < 1.29 is 4.39 Å². The molecule has 0 aliphatic carbocycles. The summed E-state index contributed by atoms with van der Waals surface area (Å²) in [6, 6.07) is 5.08. The van der Waals surface area contributed by atoms with E-state index >= 15 is 0 Å². The molecule has 2 rings (SSSR count). The van der Waals surface area contributed by atoms with Gasteiger partial charge in [-0.2, -0.15) is 0 Å². The first kappa shape index (κ1) is 11.8. The van der Waals surface area contributed by atoms with Crippen LogP contribution in [0.1, 0.15) is 17.0 Å². The Morgan fingerprint density at radius 3 is 2.71 bits per heavy atom. The number of hydrogen-bond donors (Lipinski definition) is 1. The van der Waals surface area contributed by atoms with Gasteiger partial charge in [-0.25, -0.2) is 9.37 Å². The molecular formula is C13H16FN3. The molecule has 0 unspecified atom stereocenters. The SMILES string of the molecule is Cc1ncn(-c2c(F)cccc2CCN)c1C. The van der Waals surface area contributed by atoms with E-state index in [1.165, 1.54) is 6.07 Å². The molecule has 0 bridgehead atoms. The van der Waals surface area contributed by atoms with Gasteiger partial charge in [-0.05, 0) is 38.4 Å². The Balaban J connectivity index is 2.61. The average Bonchev–Trinajstić information content (AvgIpc) is 2.61. The van der Waals surface area contributed by atoms with Crippen molar-refractivity contribution in [2.45, 2.75) is 20.3 Å². The van der Waals surface area contributed by atoms with E-state index in [4.69, 9.17) is 5.73 Å². The van der Waals surface area contributed by atoms with E-state index in [0.29, 0.717) is 18.7 Å². The fourth-order valence-corrected chi connectivity index (χ4v) is 1.91. The maximum Gasteiger partial charge on any atom is 0.147 e. The molecule has 0 saturated carbocycles. The van der Waals surface area contributed by atoms with Crippen molar-refractivity contribution in [3.8, 4) is 5.69 Å². The minimum absolute atomic E-state index is 0.239. The summed E-state index contributed by atoms with van der Waals surface area (Å²) in [5.41, 5.74) is 8.89. The van der Waals surface area contributed by atoms with Crippen molar-refractivity contribution in [1.29, 1.82) is 0 Å². The molecule has 2 N–H and O–H groups in total.